The number of pyridine rings is 2. The topological polar surface area (TPSA) is 57.9 Å². The molecule has 0 saturated carbocycles. The Morgan fingerprint density at radius 3 is 2.58 bits per heavy atom. The first-order chi connectivity index (χ1) is 18.3. The number of imidazole rings is 1. The Kier molecular flexibility index (Phi) is 7.22. The van der Waals surface area contributed by atoms with Crippen LogP contribution in [0.15, 0.2) is 61.1 Å². The highest BCUT2D eigenvalue weighted by Gasteiger charge is 2.34. The minimum Gasteiger partial charge on any atom is -0.495 e. The molecule has 4 heterocycles. The van der Waals surface area contributed by atoms with Gasteiger partial charge in [-0.15, -0.1) is 0 Å². The number of ether oxygens (including phenoxy) is 1. The van der Waals surface area contributed by atoms with Gasteiger partial charge in [-0.1, -0.05) is 12.0 Å². The van der Waals surface area contributed by atoms with E-state index in [2.05, 4.69) is 36.9 Å². The number of likely N-dealkylation sites (N-methyl/N-ethyl adjacent to an activating group) is 1. The molecule has 0 aliphatic carbocycles. The maximum absolute atomic E-state index is 13.9. The third kappa shape index (κ3) is 5.90. The number of rotatable bonds is 5. The van der Waals surface area contributed by atoms with Crippen LogP contribution in [0, 0.1) is 11.8 Å². The van der Waals surface area contributed by atoms with Gasteiger partial charge < -0.3 is 15.0 Å². The minimum absolute atomic E-state index is 0.265. The predicted octanol–water partition coefficient (Wildman–Crippen LogP) is 4.65. The van der Waals surface area contributed by atoms with Crippen LogP contribution < -0.4 is 10.1 Å². The lowest BCUT2D eigenvalue weighted by Crippen LogP contribution is -2.44. The number of benzene rings is 1. The van der Waals surface area contributed by atoms with E-state index in [4.69, 9.17) is 4.74 Å². The maximum Gasteiger partial charge on any atom is 0.416 e. The van der Waals surface area contributed by atoms with Gasteiger partial charge >= 0.3 is 6.18 Å². The van der Waals surface area contributed by atoms with E-state index in [9.17, 15) is 13.2 Å². The molecule has 0 radical (unpaired) electrons. The first kappa shape index (κ1) is 25.6. The Morgan fingerprint density at radius 1 is 1.00 bits per heavy atom. The zero-order valence-corrected chi connectivity index (χ0v) is 21.1. The van der Waals surface area contributed by atoms with Gasteiger partial charge in [-0.2, -0.15) is 13.2 Å². The molecule has 1 fully saturated rings. The molecule has 196 valence electrons. The van der Waals surface area contributed by atoms with Crippen LogP contribution in [0.2, 0.25) is 0 Å². The molecule has 0 amide bonds. The van der Waals surface area contributed by atoms with E-state index in [1.165, 1.54) is 0 Å². The molecule has 0 spiro atoms. The number of halogens is 3. The lowest BCUT2D eigenvalue weighted by molar-refractivity contribution is -0.138. The van der Waals surface area contributed by atoms with Gasteiger partial charge in [0.2, 0.25) is 0 Å². The van der Waals surface area contributed by atoms with Crippen molar-refractivity contribution in [1.29, 1.82) is 0 Å². The average Bonchev–Trinajstić information content (AvgIpc) is 3.31. The molecule has 1 aromatic carbocycles. The summed E-state index contributed by atoms with van der Waals surface area (Å²) in [5, 5.41) is 3.00. The van der Waals surface area contributed by atoms with Crippen molar-refractivity contribution < 1.29 is 17.9 Å². The number of nitrogens with one attached hydrogen (secondary N) is 1. The zero-order chi connectivity index (χ0) is 26.7. The number of anilines is 2. The summed E-state index contributed by atoms with van der Waals surface area (Å²) < 4.78 is 48.9. The van der Waals surface area contributed by atoms with Crippen LogP contribution in [0.4, 0.5) is 24.7 Å². The number of aromatic nitrogens is 3. The first-order valence-electron chi connectivity index (χ1n) is 12.2. The minimum atomic E-state index is -4.46. The summed E-state index contributed by atoms with van der Waals surface area (Å²) in [5.41, 5.74) is 2.01. The second kappa shape index (κ2) is 10.7. The first-order valence-corrected chi connectivity index (χ1v) is 12.2. The van der Waals surface area contributed by atoms with Crippen LogP contribution >= 0.6 is 0 Å². The van der Waals surface area contributed by atoms with Crippen LogP contribution in [0.5, 0.6) is 5.75 Å². The van der Waals surface area contributed by atoms with Crippen molar-refractivity contribution in [3.05, 3.63) is 83.4 Å². The van der Waals surface area contributed by atoms with Gasteiger partial charge in [0.15, 0.2) is 0 Å². The van der Waals surface area contributed by atoms with E-state index in [1.807, 2.05) is 23.6 Å². The monoisotopic (exact) mass is 520 g/mol. The molecule has 0 unspecified atom stereocenters. The van der Waals surface area contributed by atoms with Crippen LogP contribution in [0.3, 0.4) is 0 Å². The average molecular weight is 521 g/mol. The van der Waals surface area contributed by atoms with Gasteiger partial charge in [0, 0.05) is 50.2 Å². The lowest BCUT2D eigenvalue weighted by Gasteiger charge is -2.33. The normalized spacial score (nSPS) is 14.8. The fourth-order valence-electron chi connectivity index (χ4n) is 4.34. The summed E-state index contributed by atoms with van der Waals surface area (Å²) in [4.78, 5) is 12.8. The molecule has 7 nitrogen and oxygen atoms in total. The van der Waals surface area contributed by atoms with Crippen LogP contribution in [-0.4, -0.2) is 64.5 Å². The van der Waals surface area contributed by atoms with Gasteiger partial charge in [-0.3, -0.25) is 9.30 Å². The number of hydrogen-bond donors (Lipinski definition) is 1. The van der Waals surface area contributed by atoms with E-state index in [0.29, 0.717) is 28.5 Å². The van der Waals surface area contributed by atoms with Crippen molar-refractivity contribution in [2.24, 2.45) is 0 Å². The SMILES string of the molecule is COc1ccc2ncc(C#Cc3ccnc(Nc4ccc(CN5CCN(C)CC5)c(C(F)(F)F)c4)c3)n2c1. The Morgan fingerprint density at radius 2 is 1.82 bits per heavy atom. The third-order valence-electron chi connectivity index (χ3n) is 6.49. The molecule has 1 aliphatic rings. The molecule has 3 aromatic heterocycles. The molecule has 4 aromatic rings. The van der Waals surface area contributed by atoms with E-state index in [0.717, 1.165) is 37.9 Å². The maximum atomic E-state index is 13.9. The van der Waals surface area contributed by atoms with Crippen LogP contribution in [0.25, 0.3) is 5.65 Å². The summed E-state index contributed by atoms with van der Waals surface area (Å²) in [6.07, 6.45) is 0.579. The Hall–Kier alpha value is -4.07. The molecular weight excluding hydrogens is 493 g/mol. The van der Waals surface area contributed by atoms with Crippen molar-refractivity contribution >= 4 is 17.2 Å². The molecule has 1 aliphatic heterocycles. The highest BCUT2D eigenvalue weighted by Crippen LogP contribution is 2.35. The molecule has 0 bridgehead atoms. The van der Waals surface area contributed by atoms with Crippen LogP contribution in [-0.2, 0) is 12.7 Å². The number of fused-ring (bicyclic) bond motifs is 1. The number of hydrogen-bond acceptors (Lipinski definition) is 6. The number of nitrogens with zero attached hydrogens (tertiary/aromatic N) is 5. The fourth-order valence-corrected chi connectivity index (χ4v) is 4.34. The van der Waals surface area contributed by atoms with E-state index in [-0.39, 0.29) is 12.1 Å². The lowest BCUT2D eigenvalue weighted by atomic mass is 10.0. The number of piperazine rings is 1. The quantitative estimate of drug-likeness (QED) is 0.387. The second-order valence-corrected chi connectivity index (χ2v) is 9.19. The van der Waals surface area contributed by atoms with Gasteiger partial charge in [-0.25, -0.2) is 9.97 Å². The highest BCUT2D eigenvalue weighted by atomic mass is 19.4. The molecule has 1 saturated heterocycles. The Labute approximate surface area is 218 Å². The smallest absolute Gasteiger partial charge is 0.416 e. The fraction of sp³-hybridized carbons (Fsp3) is 0.286. The zero-order valence-electron chi connectivity index (χ0n) is 21.1. The molecular formula is C28H27F3N6O. The van der Waals surface area contributed by atoms with Crippen molar-refractivity contribution in [2.45, 2.75) is 12.7 Å². The van der Waals surface area contributed by atoms with E-state index in [1.54, 1.807) is 50.0 Å². The summed E-state index contributed by atoms with van der Waals surface area (Å²) in [7, 11) is 3.61. The molecule has 1 N–H and O–H groups in total. The van der Waals surface area contributed by atoms with Crippen molar-refractivity contribution in [3.8, 4) is 17.6 Å². The van der Waals surface area contributed by atoms with E-state index >= 15 is 0 Å². The number of alkyl halides is 3. The molecule has 10 heteroatoms. The van der Waals surface area contributed by atoms with Gasteiger partial charge in [0.25, 0.3) is 0 Å². The van der Waals surface area contributed by atoms with Crippen molar-refractivity contribution in [3.63, 3.8) is 0 Å². The van der Waals surface area contributed by atoms with Crippen molar-refractivity contribution in [1.82, 2.24) is 24.2 Å². The Bertz CT molecular complexity index is 1500. The second-order valence-electron chi connectivity index (χ2n) is 9.19. The van der Waals surface area contributed by atoms with Crippen LogP contribution in [0.1, 0.15) is 22.4 Å². The summed E-state index contributed by atoms with van der Waals surface area (Å²) >= 11 is 0. The summed E-state index contributed by atoms with van der Waals surface area (Å²) in [6, 6.07) is 11.5. The highest BCUT2D eigenvalue weighted by molar-refractivity contribution is 5.60. The standard InChI is InChI=1S/C28H27F3N6O/c1-35-11-13-36(14-12-35)18-21-4-5-22(16-25(21)28(29,30)31)34-26-15-20(9-10-32-26)3-6-23-17-33-27-8-7-24(38-2)19-37(23)27/h4-5,7-10,15-17,19H,11-14,18H2,1-2H3,(H,32,34). The van der Waals surface area contributed by atoms with Gasteiger partial charge in [0.1, 0.15) is 22.9 Å². The summed E-state index contributed by atoms with van der Waals surface area (Å²) in [6.45, 7) is 3.44. The predicted molar refractivity (Wildman–Crippen MR) is 139 cm³/mol. The van der Waals surface area contributed by atoms with Gasteiger partial charge in [-0.05, 0) is 54.9 Å². The third-order valence-corrected chi connectivity index (χ3v) is 6.49. The molecule has 38 heavy (non-hydrogen) atoms. The van der Waals surface area contributed by atoms with E-state index < -0.39 is 11.7 Å². The Balaban J connectivity index is 1.35. The number of methoxy groups -OCH3 is 1. The van der Waals surface area contributed by atoms with Gasteiger partial charge in [0.05, 0.1) is 25.1 Å². The largest absolute Gasteiger partial charge is 0.495 e. The van der Waals surface area contributed by atoms with Crippen molar-refractivity contribution in [2.75, 3.05) is 45.7 Å². The summed E-state index contributed by atoms with van der Waals surface area (Å²) in [5.74, 6) is 7.24. The molecule has 0 atom stereocenters. The molecule has 5 rings (SSSR count).